The van der Waals surface area contributed by atoms with E-state index in [9.17, 15) is 9.59 Å². The smallest absolute Gasteiger partial charge is 0.252 e. The summed E-state index contributed by atoms with van der Waals surface area (Å²) in [5.74, 6) is -0.0556. The monoisotopic (exact) mass is 175 g/mol. The van der Waals surface area contributed by atoms with Gasteiger partial charge in [-0.25, -0.2) is 0 Å². The van der Waals surface area contributed by atoms with Gasteiger partial charge in [-0.1, -0.05) is 6.07 Å². The molecule has 1 atom stereocenters. The van der Waals surface area contributed by atoms with E-state index in [0.717, 1.165) is 11.8 Å². The highest BCUT2D eigenvalue weighted by atomic mass is 16.2. The summed E-state index contributed by atoms with van der Waals surface area (Å²) in [5, 5.41) is 2.78. The van der Waals surface area contributed by atoms with Gasteiger partial charge in [-0.3, -0.25) is 9.59 Å². The van der Waals surface area contributed by atoms with Crippen molar-refractivity contribution >= 4 is 12.2 Å². The molecule has 1 aromatic carbocycles. The molecule has 1 aromatic rings. The number of carbonyl (C=O) groups is 2. The summed E-state index contributed by atoms with van der Waals surface area (Å²) < 4.78 is 0. The molecule has 0 radical (unpaired) electrons. The fraction of sp³-hybridized carbons (Fsp3) is 0.200. The topological polar surface area (TPSA) is 46.2 Å². The van der Waals surface area contributed by atoms with Crippen molar-refractivity contribution < 1.29 is 9.59 Å². The molecule has 1 aliphatic rings. The Morgan fingerprint density at radius 3 is 2.92 bits per heavy atom. The number of hydrogen-bond acceptors (Lipinski definition) is 2. The highest BCUT2D eigenvalue weighted by Crippen LogP contribution is 2.25. The summed E-state index contributed by atoms with van der Waals surface area (Å²) in [5.41, 5.74) is 2.20. The third-order valence-corrected chi connectivity index (χ3v) is 2.27. The van der Waals surface area contributed by atoms with Crippen LogP contribution in [0.2, 0.25) is 0 Å². The molecule has 1 amide bonds. The zero-order valence-electron chi connectivity index (χ0n) is 7.20. The van der Waals surface area contributed by atoms with Crippen molar-refractivity contribution in [2.24, 2.45) is 0 Å². The number of rotatable bonds is 1. The lowest BCUT2D eigenvalue weighted by atomic mass is 10.0. The van der Waals surface area contributed by atoms with Crippen LogP contribution in [0.3, 0.4) is 0 Å². The summed E-state index contributed by atoms with van der Waals surface area (Å²) in [6.07, 6.45) is 0.787. The minimum absolute atomic E-state index is 0.0161. The van der Waals surface area contributed by atoms with Crippen LogP contribution in [0.1, 0.15) is 39.2 Å². The van der Waals surface area contributed by atoms with Gasteiger partial charge in [-0.2, -0.15) is 0 Å². The van der Waals surface area contributed by atoms with Crippen LogP contribution in [0.15, 0.2) is 18.2 Å². The first kappa shape index (κ1) is 7.98. The first-order valence-electron chi connectivity index (χ1n) is 4.12. The number of hydrogen-bond donors (Lipinski definition) is 1. The number of amides is 1. The average Bonchev–Trinajstić information content (AvgIpc) is 2.42. The minimum atomic E-state index is -0.0556. The van der Waals surface area contributed by atoms with Crippen LogP contribution in [0.5, 0.6) is 0 Å². The van der Waals surface area contributed by atoms with Crippen LogP contribution < -0.4 is 5.32 Å². The van der Waals surface area contributed by atoms with Crippen LogP contribution in [0.25, 0.3) is 0 Å². The molecule has 1 heterocycles. The van der Waals surface area contributed by atoms with Crippen molar-refractivity contribution in [1.29, 1.82) is 0 Å². The van der Waals surface area contributed by atoms with E-state index in [0.29, 0.717) is 11.1 Å². The quantitative estimate of drug-likeness (QED) is 0.654. The predicted molar refractivity (Wildman–Crippen MR) is 47.7 cm³/mol. The number of fused-ring (bicyclic) bond motifs is 1. The molecule has 13 heavy (non-hydrogen) atoms. The average molecular weight is 175 g/mol. The van der Waals surface area contributed by atoms with Crippen LogP contribution in [0.4, 0.5) is 0 Å². The molecule has 0 saturated carbocycles. The van der Waals surface area contributed by atoms with Gasteiger partial charge in [-0.05, 0) is 24.6 Å². The highest BCUT2D eigenvalue weighted by molar-refractivity contribution is 5.99. The number of carbonyl (C=O) groups excluding carboxylic acids is 2. The zero-order valence-corrected chi connectivity index (χ0v) is 7.20. The molecule has 3 nitrogen and oxygen atoms in total. The number of benzene rings is 1. The maximum absolute atomic E-state index is 11.3. The lowest BCUT2D eigenvalue weighted by molar-refractivity contribution is 0.0958. The molecule has 3 heteroatoms. The van der Waals surface area contributed by atoms with Crippen molar-refractivity contribution in [1.82, 2.24) is 5.32 Å². The Labute approximate surface area is 75.8 Å². The Hall–Kier alpha value is -1.64. The summed E-state index contributed by atoms with van der Waals surface area (Å²) in [6.45, 7) is 1.90. The second-order valence-corrected chi connectivity index (χ2v) is 3.16. The molecule has 2 rings (SSSR count). The molecule has 0 aliphatic carbocycles. The fourth-order valence-electron chi connectivity index (χ4n) is 1.57. The normalized spacial score (nSPS) is 19.5. The largest absolute Gasteiger partial charge is 0.345 e. The van der Waals surface area contributed by atoms with Crippen LogP contribution in [0, 0.1) is 0 Å². The molecule has 1 unspecified atom stereocenters. The fourth-order valence-corrected chi connectivity index (χ4v) is 1.57. The third-order valence-electron chi connectivity index (χ3n) is 2.27. The van der Waals surface area contributed by atoms with Gasteiger partial charge in [0.1, 0.15) is 6.29 Å². The van der Waals surface area contributed by atoms with Gasteiger partial charge in [-0.15, -0.1) is 0 Å². The molecule has 0 saturated heterocycles. The van der Waals surface area contributed by atoms with Crippen molar-refractivity contribution in [2.75, 3.05) is 0 Å². The zero-order chi connectivity index (χ0) is 9.42. The van der Waals surface area contributed by atoms with E-state index >= 15 is 0 Å². The van der Waals surface area contributed by atoms with Gasteiger partial charge in [0.25, 0.3) is 5.91 Å². The molecular formula is C10H9NO2. The van der Waals surface area contributed by atoms with Gasteiger partial charge >= 0.3 is 0 Å². The molecule has 0 bridgehead atoms. The summed E-state index contributed by atoms with van der Waals surface area (Å²) in [7, 11) is 0. The van der Waals surface area contributed by atoms with Crippen molar-refractivity contribution in [3.05, 3.63) is 34.9 Å². The van der Waals surface area contributed by atoms with Gasteiger partial charge in [0, 0.05) is 11.1 Å². The molecule has 0 spiro atoms. The van der Waals surface area contributed by atoms with Crippen molar-refractivity contribution in [3.8, 4) is 0 Å². The minimum Gasteiger partial charge on any atom is -0.345 e. The van der Waals surface area contributed by atoms with Gasteiger partial charge in [0.05, 0.1) is 6.04 Å². The standard InChI is InChI=1S/C10H9NO2/c1-6-9-4-7(5-12)2-3-8(9)10(13)11-6/h2-6H,1H3,(H,11,13). The number of nitrogens with one attached hydrogen (secondary N) is 1. The summed E-state index contributed by atoms with van der Waals surface area (Å²) in [6, 6.07) is 5.12. The molecular weight excluding hydrogens is 166 g/mol. The molecule has 1 aliphatic heterocycles. The molecule has 66 valence electrons. The Bertz CT molecular complexity index is 385. The van der Waals surface area contributed by atoms with Crippen LogP contribution in [-0.2, 0) is 0 Å². The first-order valence-corrected chi connectivity index (χ1v) is 4.12. The van der Waals surface area contributed by atoms with E-state index in [1.165, 1.54) is 0 Å². The maximum Gasteiger partial charge on any atom is 0.252 e. The Kier molecular flexibility index (Phi) is 1.65. The lowest BCUT2D eigenvalue weighted by Crippen LogP contribution is -2.16. The van der Waals surface area contributed by atoms with Gasteiger partial charge in [0.15, 0.2) is 0 Å². The summed E-state index contributed by atoms with van der Waals surface area (Å²) >= 11 is 0. The SMILES string of the molecule is CC1NC(=O)c2ccc(C=O)cc21. The predicted octanol–water partition coefficient (Wildman–Crippen LogP) is 1.30. The van der Waals surface area contributed by atoms with E-state index in [4.69, 9.17) is 0 Å². The van der Waals surface area contributed by atoms with E-state index in [1.54, 1.807) is 18.2 Å². The first-order chi connectivity index (χ1) is 6.22. The van der Waals surface area contributed by atoms with Crippen LogP contribution in [-0.4, -0.2) is 12.2 Å². The van der Waals surface area contributed by atoms with E-state index in [-0.39, 0.29) is 11.9 Å². The van der Waals surface area contributed by atoms with Gasteiger partial charge < -0.3 is 5.32 Å². The molecule has 0 fully saturated rings. The van der Waals surface area contributed by atoms with E-state index in [2.05, 4.69) is 5.32 Å². The van der Waals surface area contributed by atoms with E-state index < -0.39 is 0 Å². The second kappa shape index (κ2) is 2.69. The van der Waals surface area contributed by atoms with Gasteiger partial charge in [0.2, 0.25) is 0 Å². The molecule has 0 aromatic heterocycles. The van der Waals surface area contributed by atoms with Crippen molar-refractivity contribution in [3.63, 3.8) is 0 Å². The third kappa shape index (κ3) is 1.13. The highest BCUT2D eigenvalue weighted by Gasteiger charge is 2.24. The maximum atomic E-state index is 11.3. The Balaban J connectivity index is 2.58. The lowest BCUT2D eigenvalue weighted by Gasteiger charge is -2.02. The Morgan fingerprint density at radius 2 is 2.23 bits per heavy atom. The Morgan fingerprint density at radius 1 is 1.46 bits per heavy atom. The van der Waals surface area contributed by atoms with Crippen molar-refractivity contribution in [2.45, 2.75) is 13.0 Å². The summed E-state index contributed by atoms with van der Waals surface area (Å²) in [4.78, 5) is 21.8. The number of aldehydes is 1. The second-order valence-electron chi connectivity index (χ2n) is 3.16. The molecule has 1 N–H and O–H groups in total. The van der Waals surface area contributed by atoms with E-state index in [1.807, 2.05) is 6.92 Å². The van der Waals surface area contributed by atoms with Crippen LogP contribution >= 0.6 is 0 Å².